The van der Waals surface area contributed by atoms with Gasteiger partial charge < -0.3 is 4.74 Å². The minimum absolute atomic E-state index is 0.394. The molecule has 1 fully saturated rings. The van der Waals surface area contributed by atoms with Crippen LogP contribution in [0.2, 0.25) is 5.02 Å². The maximum atomic E-state index is 6.24. The molecule has 0 bridgehead atoms. The largest absolute Gasteiger partial charge is 0.496 e. The molecule has 21 heavy (non-hydrogen) atoms. The van der Waals surface area contributed by atoms with Gasteiger partial charge in [0.2, 0.25) is 0 Å². The summed E-state index contributed by atoms with van der Waals surface area (Å²) in [6, 6.07) is 10.7. The van der Waals surface area contributed by atoms with E-state index in [4.69, 9.17) is 16.3 Å². The molecular weight excluding hydrogens is 284 g/mol. The number of nitrogens with zero attached hydrogens (tertiary/aromatic N) is 2. The Bertz CT molecular complexity index is 617. The second kappa shape index (κ2) is 6.46. The van der Waals surface area contributed by atoms with Crippen LogP contribution in [0.25, 0.3) is 0 Å². The molecule has 0 unspecified atom stereocenters. The number of halogens is 1. The van der Waals surface area contributed by atoms with Crippen molar-refractivity contribution in [2.45, 2.75) is 25.4 Å². The van der Waals surface area contributed by atoms with E-state index < -0.39 is 0 Å². The predicted octanol–water partition coefficient (Wildman–Crippen LogP) is 4.08. The van der Waals surface area contributed by atoms with Gasteiger partial charge >= 0.3 is 0 Å². The van der Waals surface area contributed by atoms with Crippen LogP contribution < -0.4 is 4.74 Å². The summed E-state index contributed by atoms with van der Waals surface area (Å²) >= 11 is 6.24. The highest BCUT2D eigenvalue weighted by Crippen LogP contribution is 2.38. The standard InChI is InChI=1S/C17H19ClN2O/c1-21-17-7-3-2-5-14(17)16-6-4-10-20(16)12-13-8-9-19-11-15(13)18/h2-3,5,7-9,11,16H,4,6,10,12H2,1H3/t16-/m1/s1. The summed E-state index contributed by atoms with van der Waals surface area (Å²) in [5.41, 5.74) is 2.40. The van der Waals surface area contributed by atoms with E-state index >= 15 is 0 Å². The Kier molecular flexibility index (Phi) is 4.42. The van der Waals surface area contributed by atoms with Crippen LogP contribution in [0.3, 0.4) is 0 Å². The predicted molar refractivity (Wildman–Crippen MR) is 84.6 cm³/mol. The number of ether oxygens (including phenoxy) is 1. The van der Waals surface area contributed by atoms with Gasteiger partial charge in [0.05, 0.1) is 12.1 Å². The van der Waals surface area contributed by atoms with Crippen LogP contribution in [0, 0.1) is 0 Å². The fourth-order valence-corrected chi connectivity index (χ4v) is 3.24. The Morgan fingerprint density at radius 1 is 1.33 bits per heavy atom. The molecule has 0 amide bonds. The number of likely N-dealkylation sites (tertiary alicyclic amines) is 1. The van der Waals surface area contributed by atoms with Gasteiger partial charge in [-0.25, -0.2) is 0 Å². The number of rotatable bonds is 4. The van der Waals surface area contributed by atoms with Crippen LogP contribution in [-0.2, 0) is 6.54 Å². The normalized spacial score (nSPS) is 18.9. The van der Waals surface area contributed by atoms with Crippen molar-refractivity contribution in [1.82, 2.24) is 9.88 Å². The molecule has 0 spiro atoms. The molecule has 1 aliphatic heterocycles. The molecule has 3 nitrogen and oxygen atoms in total. The second-order valence-electron chi connectivity index (χ2n) is 5.34. The van der Waals surface area contributed by atoms with Gasteiger partial charge in [-0.15, -0.1) is 0 Å². The average Bonchev–Trinajstić information content (AvgIpc) is 2.97. The van der Waals surface area contributed by atoms with Crippen molar-refractivity contribution in [1.29, 1.82) is 0 Å². The van der Waals surface area contributed by atoms with Gasteiger partial charge in [-0.3, -0.25) is 9.88 Å². The molecule has 0 radical (unpaired) electrons. The summed E-state index contributed by atoms with van der Waals surface area (Å²) in [6.45, 7) is 1.94. The van der Waals surface area contributed by atoms with Crippen molar-refractivity contribution in [2.24, 2.45) is 0 Å². The first-order valence-electron chi connectivity index (χ1n) is 7.25. The average molecular weight is 303 g/mol. The van der Waals surface area contributed by atoms with Crippen molar-refractivity contribution in [2.75, 3.05) is 13.7 Å². The zero-order valence-electron chi connectivity index (χ0n) is 12.1. The fraction of sp³-hybridized carbons (Fsp3) is 0.353. The summed E-state index contributed by atoms with van der Waals surface area (Å²) in [6.07, 6.45) is 5.87. The van der Waals surface area contributed by atoms with Crippen molar-refractivity contribution >= 4 is 11.6 Å². The number of hydrogen-bond acceptors (Lipinski definition) is 3. The van der Waals surface area contributed by atoms with Crippen molar-refractivity contribution < 1.29 is 4.74 Å². The molecule has 110 valence electrons. The molecule has 0 aliphatic carbocycles. The highest BCUT2D eigenvalue weighted by molar-refractivity contribution is 6.31. The van der Waals surface area contributed by atoms with Gasteiger partial charge in [-0.2, -0.15) is 0 Å². The maximum absolute atomic E-state index is 6.24. The van der Waals surface area contributed by atoms with Gasteiger partial charge in [0.15, 0.2) is 0 Å². The molecule has 1 atom stereocenters. The zero-order chi connectivity index (χ0) is 14.7. The first-order valence-corrected chi connectivity index (χ1v) is 7.62. The number of hydrogen-bond donors (Lipinski definition) is 0. The molecule has 2 heterocycles. The third-order valence-corrected chi connectivity index (χ3v) is 4.43. The highest BCUT2D eigenvalue weighted by atomic mass is 35.5. The molecule has 4 heteroatoms. The lowest BCUT2D eigenvalue weighted by atomic mass is 10.0. The van der Waals surface area contributed by atoms with E-state index in [0.717, 1.165) is 35.8 Å². The molecule has 3 rings (SSSR count). The molecule has 1 aromatic carbocycles. The molecule has 1 aromatic heterocycles. The lowest BCUT2D eigenvalue weighted by Gasteiger charge is -2.26. The van der Waals surface area contributed by atoms with Crippen LogP contribution in [0.15, 0.2) is 42.7 Å². The summed E-state index contributed by atoms with van der Waals surface area (Å²) in [4.78, 5) is 6.52. The van der Waals surface area contributed by atoms with E-state index in [-0.39, 0.29) is 0 Å². The van der Waals surface area contributed by atoms with Crippen molar-refractivity contribution in [3.8, 4) is 5.75 Å². The van der Waals surface area contributed by atoms with E-state index in [9.17, 15) is 0 Å². The quantitative estimate of drug-likeness (QED) is 0.851. The van der Waals surface area contributed by atoms with Gasteiger partial charge in [0.1, 0.15) is 5.75 Å². The summed E-state index contributed by atoms with van der Waals surface area (Å²) in [7, 11) is 1.73. The maximum Gasteiger partial charge on any atom is 0.123 e. The van der Waals surface area contributed by atoms with Crippen LogP contribution in [-0.4, -0.2) is 23.5 Å². The van der Waals surface area contributed by atoms with Crippen LogP contribution in [0.1, 0.15) is 30.0 Å². The van der Waals surface area contributed by atoms with Crippen LogP contribution in [0.5, 0.6) is 5.75 Å². The Hall–Kier alpha value is -1.58. The lowest BCUT2D eigenvalue weighted by molar-refractivity contribution is 0.243. The minimum atomic E-state index is 0.394. The number of aromatic nitrogens is 1. The number of para-hydroxylation sites is 1. The molecule has 0 N–H and O–H groups in total. The SMILES string of the molecule is COc1ccccc1[C@H]1CCCN1Cc1ccncc1Cl. The lowest BCUT2D eigenvalue weighted by Crippen LogP contribution is -2.23. The second-order valence-corrected chi connectivity index (χ2v) is 5.74. The van der Waals surface area contributed by atoms with Gasteiger partial charge in [-0.1, -0.05) is 29.8 Å². The molecule has 2 aromatic rings. The van der Waals surface area contributed by atoms with E-state index in [0.29, 0.717) is 6.04 Å². The first-order chi connectivity index (χ1) is 10.3. The topological polar surface area (TPSA) is 25.4 Å². The number of pyridine rings is 1. The van der Waals surface area contributed by atoms with E-state index in [1.165, 1.54) is 12.0 Å². The Morgan fingerprint density at radius 3 is 3.00 bits per heavy atom. The van der Waals surface area contributed by atoms with Gasteiger partial charge in [-0.05, 0) is 37.1 Å². The van der Waals surface area contributed by atoms with Gasteiger partial charge in [0, 0.05) is 30.5 Å². The van der Waals surface area contributed by atoms with E-state index in [1.54, 1.807) is 19.5 Å². The monoisotopic (exact) mass is 302 g/mol. The fourth-order valence-electron chi connectivity index (χ4n) is 3.06. The summed E-state index contributed by atoms with van der Waals surface area (Å²) < 4.78 is 5.52. The van der Waals surface area contributed by atoms with Gasteiger partial charge in [0.25, 0.3) is 0 Å². The van der Waals surface area contributed by atoms with E-state index in [1.807, 2.05) is 18.2 Å². The van der Waals surface area contributed by atoms with Crippen LogP contribution in [0.4, 0.5) is 0 Å². The van der Waals surface area contributed by atoms with Crippen LogP contribution >= 0.6 is 11.6 Å². The highest BCUT2D eigenvalue weighted by Gasteiger charge is 2.28. The summed E-state index contributed by atoms with van der Waals surface area (Å²) in [5.74, 6) is 0.968. The zero-order valence-corrected chi connectivity index (χ0v) is 12.9. The molecule has 0 saturated carbocycles. The molecule has 1 saturated heterocycles. The first kappa shape index (κ1) is 14.4. The van der Waals surface area contributed by atoms with Crippen molar-refractivity contribution in [3.05, 3.63) is 58.9 Å². The van der Waals surface area contributed by atoms with Crippen molar-refractivity contribution in [3.63, 3.8) is 0 Å². The third kappa shape index (κ3) is 3.04. The number of benzene rings is 1. The molecular formula is C17H19ClN2O. The Labute approximate surface area is 130 Å². The third-order valence-electron chi connectivity index (χ3n) is 4.09. The number of methoxy groups -OCH3 is 1. The Morgan fingerprint density at radius 2 is 2.19 bits per heavy atom. The Balaban J connectivity index is 1.84. The summed E-state index contributed by atoms with van der Waals surface area (Å²) in [5, 5.41) is 0.739. The minimum Gasteiger partial charge on any atom is -0.496 e. The van der Waals surface area contributed by atoms with E-state index in [2.05, 4.69) is 22.0 Å². The molecule has 1 aliphatic rings. The smallest absolute Gasteiger partial charge is 0.123 e.